The van der Waals surface area contributed by atoms with Crippen LogP contribution in [0.3, 0.4) is 0 Å². The van der Waals surface area contributed by atoms with E-state index < -0.39 is 0 Å². The van der Waals surface area contributed by atoms with Crippen LogP contribution in [0.2, 0.25) is 0 Å². The van der Waals surface area contributed by atoms with E-state index >= 15 is 0 Å². The van der Waals surface area contributed by atoms with Gasteiger partial charge >= 0.3 is 5.97 Å². The quantitative estimate of drug-likeness (QED) is 0.598. The molecule has 0 fully saturated rings. The highest BCUT2D eigenvalue weighted by Gasteiger charge is 2.22. The molecule has 0 aliphatic carbocycles. The molecule has 0 heterocycles. The van der Waals surface area contributed by atoms with Crippen LogP contribution in [0, 0.1) is 5.41 Å². The van der Waals surface area contributed by atoms with Gasteiger partial charge < -0.3 is 9.47 Å². The molecule has 0 atom stereocenters. The molecule has 3 heteroatoms. The van der Waals surface area contributed by atoms with E-state index in [1.54, 1.807) is 7.11 Å². The van der Waals surface area contributed by atoms with Gasteiger partial charge in [0.1, 0.15) is 0 Å². The van der Waals surface area contributed by atoms with Crippen LogP contribution >= 0.6 is 0 Å². The molecule has 0 bridgehead atoms. The maximum Gasteiger partial charge on any atom is 0.306 e. The average molecular weight is 188 g/mol. The Morgan fingerprint density at radius 2 is 2.00 bits per heavy atom. The fourth-order valence-corrected chi connectivity index (χ4v) is 1.07. The first kappa shape index (κ1) is 12.4. The molecule has 78 valence electrons. The number of esters is 1. The molecule has 0 amide bonds. The molecule has 0 aliphatic rings. The second-order valence-electron chi connectivity index (χ2n) is 3.89. The van der Waals surface area contributed by atoms with Gasteiger partial charge in [0.15, 0.2) is 0 Å². The normalized spacial score (nSPS) is 11.4. The number of hydrogen-bond donors (Lipinski definition) is 0. The average Bonchev–Trinajstić information content (AvgIpc) is 2.00. The van der Waals surface area contributed by atoms with E-state index in [1.807, 2.05) is 20.8 Å². The summed E-state index contributed by atoms with van der Waals surface area (Å²) in [5.41, 5.74) is -0.0255. The first-order valence-corrected chi connectivity index (χ1v) is 4.66. The second kappa shape index (κ2) is 5.97. The van der Waals surface area contributed by atoms with Crippen LogP contribution in [0.4, 0.5) is 0 Å². The van der Waals surface area contributed by atoms with Crippen molar-refractivity contribution in [2.75, 3.05) is 20.3 Å². The van der Waals surface area contributed by atoms with Gasteiger partial charge in [0, 0.05) is 13.7 Å². The summed E-state index contributed by atoms with van der Waals surface area (Å²) in [6.07, 6.45) is 1.34. The summed E-state index contributed by atoms with van der Waals surface area (Å²) in [5, 5.41) is 0. The summed E-state index contributed by atoms with van der Waals surface area (Å²) in [7, 11) is 1.67. The molecule has 0 N–H and O–H groups in total. The Hall–Kier alpha value is -0.570. The standard InChI is InChI=1S/C10H20O3/c1-5-13-9(11)8-10(2,3)6-7-12-4/h5-8H2,1-4H3. The topological polar surface area (TPSA) is 35.5 Å². The molecule has 0 rings (SSSR count). The summed E-state index contributed by atoms with van der Waals surface area (Å²) < 4.78 is 9.85. The van der Waals surface area contributed by atoms with Crippen molar-refractivity contribution in [2.24, 2.45) is 5.41 Å². The number of hydrogen-bond acceptors (Lipinski definition) is 3. The summed E-state index contributed by atoms with van der Waals surface area (Å²) in [6.45, 7) is 7.05. The smallest absolute Gasteiger partial charge is 0.306 e. The third-order valence-electron chi connectivity index (χ3n) is 1.91. The highest BCUT2D eigenvalue weighted by Crippen LogP contribution is 2.25. The first-order chi connectivity index (χ1) is 6.02. The van der Waals surface area contributed by atoms with Crippen molar-refractivity contribution in [1.29, 1.82) is 0 Å². The van der Waals surface area contributed by atoms with Gasteiger partial charge in [-0.2, -0.15) is 0 Å². The molecule has 0 spiro atoms. The lowest BCUT2D eigenvalue weighted by atomic mass is 9.86. The minimum Gasteiger partial charge on any atom is -0.466 e. The van der Waals surface area contributed by atoms with Crippen LogP contribution < -0.4 is 0 Å². The van der Waals surface area contributed by atoms with Crippen LogP contribution in [-0.4, -0.2) is 26.3 Å². The van der Waals surface area contributed by atoms with Gasteiger partial charge in [-0.1, -0.05) is 13.8 Å². The van der Waals surface area contributed by atoms with Gasteiger partial charge in [-0.25, -0.2) is 0 Å². The van der Waals surface area contributed by atoms with Gasteiger partial charge in [0.25, 0.3) is 0 Å². The van der Waals surface area contributed by atoms with Crippen molar-refractivity contribution >= 4 is 5.97 Å². The number of rotatable bonds is 6. The zero-order chi connectivity index (χ0) is 10.3. The monoisotopic (exact) mass is 188 g/mol. The van der Waals surface area contributed by atoms with Crippen molar-refractivity contribution < 1.29 is 14.3 Å². The van der Waals surface area contributed by atoms with E-state index in [9.17, 15) is 4.79 Å². The van der Waals surface area contributed by atoms with Gasteiger partial charge in [-0.05, 0) is 18.8 Å². The maximum absolute atomic E-state index is 11.2. The second-order valence-corrected chi connectivity index (χ2v) is 3.89. The summed E-state index contributed by atoms with van der Waals surface area (Å²) in [5.74, 6) is -0.122. The van der Waals surface area contributed by atoms with E-state index in [1.165, 1.54) is 0 Å². The Labute approximate surface area is 80.4 Å². The van der Waals surface area contributed by atoms with E-state index in [2.05, 4.69) is 0 Å². The molecular weight excluding hydrogens is 168 g/mol. The zero-order valence-corrected chi connectivity index (χ0v) is 9.05. The molecule has 0 aromatic heterocycles. The fraction of sp³-hybridized carbons (Fsp3) is 0.900. The molecule has 0 saturated carbocycles. The summed E-state index contributed by atoms with van der Waals surface area (Å²) in [4.78, 5) is 11.2. The number of carbonyl (C=O) groups is 1. The molecule has 3 nitrogen and oxygen atoms in total. The Morgan fingerprint density at radius 1 is 1.38 bits per heavy atom. The third-order valence-corrected chi connectivity index (χ3v) is 1.91. The molecular formula is C10H20O3. The summed E-state index contributed by atoms with van der Waals surface area (Å²) >= 11 is 0. The van der Waals surface area contributed by atoms with Crippen molar-refractivity contribution in [2.45, 2.75) is 33.6 Å². The minimum atomic E-state index is -0.122. The molecule has 0 saturated heterocycles. The van der Waals surface area contributed by atoms with Crippen LogP contribution in [0.25, 0.3) is 0 Å². The minimum absolute atomic E-state index is 0.0255. The van der Waals surface area contributed by atoms with E-state index in [4.69, 9.17) is 9.47 Å². The van der Waals surface area contributed by atoms with Crippen LogP contribution in [0.5, 0.6) is 0 Å². The van der Waals surface area contributed by atoms with Crippen LogP contribution in [0.15, 0.2) is 0 Å². The molecule has 0 aromatic rings. The fourth-order valence-electron chi connectivity index (χ4n) is 1.07. The number of ether oxygens (including phenoxy) is 2. The predicted octanol–water partition coefficient (Wildman–Crippen LogP) is 2.00. The van der Waals surface area contributed by atoms with Crippen molar-refractivity contribution in [3.8, 4) is 0 Å². The highest BCUT2D eigenvalue weighted by molar-refractivity contribution is 5.70. The first-order valence-electron chi connectivity index (χ1n) is 4.66. The van der Waals surface area contributed by atoms with Crippen molar-refractivity contribution in [3.63, 3.8) is 0 Å². The lowest BCUT2D eigenvalue weighted by Crippen LogP contribution is -2.20. The molecule has 0 aliphatic heterocycles. The molecule has 0 radical (unpaired) electrons. The van der Waals surface area contributed by atoms with Gasteiger partial charge in [0.05, 0.1) is 13.0 Å². The van der Waals surface area contributed by atoms with E-state index in [0.717, 1.165) is 6.42 Å². The lowest BCUT2D eigenvalue weighted by molar-refractivity contribution is -0.145. The van der Waals surface area contributed by atoms with Crippen LogP contribution in [0.1, 0.15) is 33.6 Å². The van der Waals surface area contributed by atoms with Gasteiger partial charge in [0.2, 0.25) is 0 Å². The Bertz CT molecular complexity index is 152. The van der Waals surface area contributed by atoms with E-state index in [-0.39, 0.29) is 11.4 Å². The Morgan fingerprint density at radius 3 is 2.46 bits per heavy atom. The maximum atomic E-state index is 11.2. The number of methoxy groups -OCH3 is 1. The zero-order valence-electron chi connectivity index (χ0n) is 9.05. The van der Waals surface area contributed by atoms with E-state index in [0.29, 0.717) is 19.6 Å². The third kappa shape index (κ3) is 6.58. The van der Waals surface area contributed by atoms with Crippen molar-refractivity contribution in [3.05, 3.63) is 0 Å². The Balaban J connectivity index is 3.79. The summed E-state index contributed by atoms with van der Waals surface area (Å²) in [6, 6.07) is 0. The lowest BCUT2D eigenvalue weighted by Gasteiger charge is -2.22. The van der Waals surface area contributed by atoms with Gasteiger partial charge in [-0.15, -0.1) is 0 Å². The number of carbonyl (C=O) groups excluding carboxylic acids is 1. The van der Waals surface area contributed by atoms with Crippen LogP contribution in [-0.2, 0) is 14.3 Å². The molecule has 0 unspecified atom stereocenters. The van der Waals surface area contributed by atoms with Crippen molar-refractivity contribution in [1.82, 2.24) is 0 Å². The predicted molar refractivity (Wildman–Crippen MR) is 51.5 cm³/mol. The largest absolute Gasteiger partial charge is 0.466 e. The molecule has 0 aromatic carbocycles. The SMILES string of the molecule is CCOC(=O)CC(C)(C)CCOC. The Kier molecular flexibility index (Phi) is 5.71. The molecule has 13 heavy (non-hydrogen) atoms. The highest BCUT2D eigenvalue weighted by atomic mass is 16.5. The van der Waals surface area contributed by atoms with Gasteiger partial charge in [-0.3, -0.25) is 4.79 Å².